The molecule has 0 aromatic carbocycles. The second-order valence-corrected chi connectivity index (χ2v) is 4.13. The molecule has 5 heteroatoms. The van der Waals surface area contributed by atoms with Crippen LogP contribution in [-0.4, -0.2) is 20.6 Å². The van der Waals surface area contributed by atoms with E-state index in [0.29, 0.717) is 0 Å². The summed E-state index contributed by atoms with van der Waals surface area (Å²) in [6, 6.07) is 0. The quantitative estimate of drug-likeness (QED) is 0.637. The van der Waals surface area contributed by atoms with Crippen molar-refractivity contribution in [3.05, 3.63) is 11.5 Å². The van der Waals surface area contributed by atoms with Crippen molar-refractivity contribution in [2.24, 2.45) is 0 Å². The Kier molecular flexibility index (Phi) is 2.96. The Morgan fingerprint density at radius 1 is 1.60 bits per heavy atom. The van der Waals surface area contributed by atoms with E-state index in [2.05, 4.69) is 6.58 Å². The fourth-order valence-electron chi connectivity index (χ4n) is 0.308. The lowest BCUT2D eigenvalue weighted by Gasteiger charge is -1.99. The van der Waals surface area contributed by atoms with Crippen LogP contribution in [0.1, 0.15) is 6.92 Å². The van der Waals surface area contributed by atoms with Crippen molar-refractivity contribution < 1.29 is 17.2 Å². The van der Waals surface area contributed by atoms with Crippen molar-refractivity contribution in [2.75, 3.05) is 5.75 Å². The van der Waals surface area contributed by atoms with E-state index in [4.69, 9.17) is 0 Å². The Labute approximate surface area is 58.5 Å². The summed E-state index contributed by atoms with van der Waals surface area (Å²) < 4.78 is 44.1. The third-order valence-corrected chi connectivity index (χ3v) is 2.63. The average Bonchev–Trinajstić information content (AvgIpc) is 1.60. The van der Waals surface area contributed by atoms with Gasteiger partial charge in [-0.15, -0.1) is 0 Å². The maximum absolute atomic E-state index is 11.5. The largest absolute Gasteiger partial charge is 0.252 e. The van der Waals surface area contributed by atoms with Gasteiger partial charge in [-0.1, -0.05) is 6.58 Å². The van der Waals surface area contributed by atoms with E-state index in [-0.39, 0.29) is 4.91 Å². The van der Waals surface area contributed by atoms with Crippen molar-refractivity contribution >= 4 is 9.84 Å². The zero-order valence-corrected chi connectivity index (χ0v) is 6.29. The summed E-state index contributed by atoms with van der Waals surface area (Å²) in [5.74, 6) is -1.12. The molecule has 0 amide bonds. The number of hydrogen-bond acceptors (Lipinski definition) is 2. The Morgan fingerprint density at radius 3 is 2.10 bits per heavy atom. The molecule has 0 heterocycles. The topological polar surface area (TPSA) is 34.1 Å². The van der Waals surface area contributed by atoms with Crippen LogP contribution in [0.25, 0.3) is 0 Å². The van der Waals surface area contributed by atoms with Gasteiger partial charge in [-0.3, -0.25) is 0 Å². The Hall–Kier alpha value is -0.450. The molecule has 0 spiro atoms. The number of rotatable bonds is 3. The Bertz CT molecular complexity index is 218. The molecule has 0 bridgehead atoms. The second kappa shape index (κ2) is 3.09. The summed E-state index contributed by atoms with van der Waals surface area (Å²) in [7, 11) is -3.74. The molecule has 0 fully saturated rings. The van der Waals surface area contributed by atoms with Crippen LogP contribution < -0.4 is 0 Å². The lowest BCUT2D eigenvalue weighted by Crippen LogP contribution is -2.13. The van der Waals surface area contributed by atoms with E-state index in [9.17, 15) is 17.2 Å². The zero-order chi connectivity index (χ0) is 8.36. The van der Waals surface area contributed by atoms with Crippen molar-refractivity contribution in [3.63, 3.8) is 0 Å². The summed E-state index contributed by atoms with van der Waals surface area (Å²) in [5.41, 5.74) is 0. The molecule has 0 unspecified atom stereocenters. The molecule has 0 aliphatic heterocycles. The molecule has 0 aromatic rings. The molecular formula is C5H8F2O2S. The van der Waals surface area contributed by atoms with Gasteiger partial charge >= 0.3 is 0 Å². The molecule has 2 nitrogen and oxygen atoms in total. The van der Waals surface area contributed by atoms with E-state index in [1.165, 1.54) is 6.92 Å². The van der Waals surface area contributed by atoms with Crippen LogP contribution in [0.4, 0.5) is 8.78 Å². The van der Waals surface area contributed by atoms with Gasteiger partial charge in [0.05, 0.1) is 0 Å². The first-order valence-corrected chi connectivity index (χ1v) is 4.18. The van der Waals surface area contributed by atoms with Crippen LogP contribution >= 0.6 is 0 Å². The van der Waals surface area contributed by atoms with E-state index in [1.807, 2.05) is 0 Å². The minimum absolute atomic E-state index is 0.215. The predicted molar refractivity (Wildman–Crippen MR) is 34.6 cm³/mol. The van der Waals surface area contributed by atoms with Gasteiger partial charge in [0.2, 0.25) is 0 Å². The highest BCUT2D eigenvalue weighted by molar-refractivity contribution is 7.95. The smallest absolute Gasteiger partial charge is 0.224 e. The van der Waals surface area contributed by atoms with Gasteiger partial charge in [0.15, 0.2) is 9.84 Å². The summed E-state index contributed by atoms with van der Waals surface area (Å²) >= 11 is 0. The summed E-state index contributed by atoms with van der Waals surface area (Å²) in [5, 5.41) is 0. The van der Waals surface area contributed by atoms with Gasteiger partial charge in [0.1, 0.15) is 5.75 Å². The third kappa shape index (κ3) is 2.91. The molecule has 10 heavy (non-hydrogen) atoms. The standard InChI is InChI=1S/C5H8F2O2S/c1-4(2)10(8,9)3-5(6)7/h5H,1,3H2,2H3. The SMILES string of the molecule is C=C(C)S(=O)(=O)CC(F)F. The van der Waals surface area contributed by atoms with E-state index < -0.39 is 22.0 Å². The first-order chi connectivity index (χ1) is 4.36. The Morgan fingerprint density at radius 2 is 2.00 bits per heavy atom. The fraction of sp³-hybridized carbons (Fsp3) is 0.600. The first-order valence-electron chi connectivity index (χ1n) is 2.52. The maximum atomic E-state index is 11.5. The van der Waals surface area contributed by atoms with Crippen LogP contribution in [0.5, 0.6) is 0 Å². The normalized spacial score (nSPS) is 12.0. The molecular weight excluding hydrogens is 162 g/mol. The molecule has 0 aliphatic rings. The highest BCUT2D eigenvalue weighted by atomic mass is 32.2. The van der Waals surface area contributed by atoms with Gasteiger partial charge in [-0.2, -0.15) is 0 Å². The number of sulfone groups is 1. The van der Waals surface area contributed by atoms with Crippen molar-refractivity contribution in [1.82, 2.24) is 0 Å². The van der Waals surface area contributed by atoms with Crippen molar-refractivity contribution in [3.8, 4) is 0 Å². The first kappa shape index (κ1) is 9.55. The number of hydrogen-bond donors (Lipinski definition) is 0. The second-order valence-electron chi connectivity index (χ2n) is 1.87. The van der Waals surface area contributed by atoms with Gasteiger partial charge in [-0.05, 0) is 6.92 Å². The van der Waals surface area contributed by atoms with Crippen molar-refractivity contribution in [1.29, 1.82) is 0 Å². The van der Waals surface area contributed by atoms with Gasteiger partial charge in [0, 0.05) is 4.91 Å². The third-order valence-electron chi connectivity index (χ3n) is 0.876. The highest BCUT2D eigenvalue weighted by Crippen LogP contribution is 2.07. The van der Waals surface area contributed by atoms with Crippen LogP contribution in [0.15, 0.2) is 11.5 Å². The summed E-state index contributed by atoms with van der Waals surface area (Å²) in [6.45, 7) is 4.25. The number of alkyl halides is 2. The van der Waals surface area contributed by atoms with E-state index >= 15 is 0 Å². The predicted octanol–water partition coefficient (Wildman–Crippen LogP) is 1.20. The molecule has 0 N–H and O–H groups in total. The average molecular weight is 170 g/mol. The molecule has 0 aromatic heterocycles. The monoisotopic (exact) mass is 170 g/mol. The maximum Gasteiger partial charge on any atom is 0.252 e. The number of halogens is 2. The zero-order valence-electron chi connectivity index (χ0n) is 5.47. The molecule has 0 aliphatic carbocycles. The molecule has 0 saturated heterocycles. The summed E-state index contributed by atoms with van der Waals surface area (Å²) in [4.78, 5) is -0.215. The molecule has 0 atom stereocenters. The van der Waals surface area contributed by atoms with E-state index in [0.717, 1.165) is 0 Å². The molecule has 60 valence electrons. The van der Waals surface area contributed by atoms with Gasteiger partial charge in [-0.25, -0.2) is 17.2 Å². The highest BCUT2D eigenvalue weighted by Gasteiger charge is 2.17. The lowest BCUT2D eigenvalue weighted by atomic mass is 10.8. The Balaban J connectivity index is 4.31. The molecule has 0 radical (unpaired) electrons. The minimum Gasteiger partial charge on any atom is -0.224 e. The van der Waals surface area contributed by atoms with E-state index in [1.54, 1.807) is 0 Å². The molecule has 0 rings (SSSR count). The van der Waals surface area contributed by atoms with Crippen LogP contribution in [0.3, 0.4) is 0 Å². The summed E-state index contributed by atoms with van der Waals surface area (Å²) in [6.07, 6.45) is -2.82. The van der Waals surface area contributed by atoms with Crippen LogP contribution in [-0.2, 0) is 9.84 Å². The van der Waals surface area contributed by atoms with Gasteiger partial charge in [0.25, 0.3) is 6.43 Å². The minimum atomic E-state index is -3.74. The molecule has 0 saturated carbocycles. The van der Waals surface area contributed by atoms with Gasteiger partial charge < -0.3 is 0 Å². The lowest BCUT2D eigenvalue weighted by molar-refractivity contribution is 0.174. The van der Waals surface area contributed by atoms with Crippen LogP contribution in [0.2, 0.25) is 0 Å². The van der Waals surface area contributed by atoms with Crippen molar-refractivity contribution in [2.45, 2.75) is 13.3 Å². The number of allylic oxidation sites excluding steroid dienone is 1. The van der Waals surface area contributed by atoms with Crippen LogP contribution in [0, 0.1) is 0 Å². The fourth-order valence-corrected chi connectivity index (χ4v) is 0.924.